The summed E-state index contributed by atoms with van der Waals surface area (Å²) in [5, 5.41) is 0.682. The lowest BCUT2D eigenvalue weighted by Crippen LogP contribution is -2.47. The highest BCUT2D eigenvalue weighted by Crippen LogP contribution is 2.45. The van der Waals surface area contributed by atoms with Crippen molar-refractivity contribution in [3.63, 3.8) is 0 Å². The Hall–Kier alpha value is -4.04. The molecule has 8 nitrogen and oxygen atoms in total. The van der Waals surface area contributed by atoms with Crippen LogP contribution in [0.1, 0.15) is 36.9 Å². The van der Waals surface area contributed by atoms with Crippen molar-refractivity contribution in [2.24, 2.45) is 5.84 Å². The van der Waals surface area contributed by atoms with Gasteiger partial charge in [0.2, 0.25) is 0 Å². The van der Waals surface area contributed by atoms with Crippen LogP contribution in [0.25, 0.3) is 5.69 Å². The summed E-state index contributed by atoms with van der Waals surface area (Å²) in [5.41, 5.74) is 1.26. The summed E-state index contributed by atoms with van der Waals surface area (Å²) >= 11 is 0. The van der Waals surface area contributed by atoms with Crippen LogP contribution >= 0.6 is 0 Å². The van der Waals surface area contributed by atoms with E-state index in [1.807, 2.05) is 0 Å². The van der Waals surface area contributed by atoms with Crippen LogP contribution in [0.15, 0.2) is 40.2 Å². The van der Waals surface area contributed by atoms with Crippen molar-refractivity contribution in [2.75, 3.05) is 10.7 Å². The van der Waals surface area contributed by atoms with Gasteiger partial charge in [-0.05, 0) is 44.2 Å². The van der Waals surface area contributed by atoms with Gasteiger partial charge in [0, 0.05) is 18.3 Å². The van der Waals surface area contributed by atoms with E-state index in [0.717, 1.165) is 9.13 Å². The van der Waals surface area contributed by atoms with Crippen molar-refractivity contribution in [1.82, 2.24) is 14.1 Å². The molecule has 4 rings (SSSR count). The maximum Gasteiger partial charge on any atom is 0.336 e. The van der Waals surface area contributed by atoms with E-state index in [0.29, 0.717) is 35.5 Å². The lowest BCUT2D eigenvalue weighted by atomic mass is 9.97. The summed E-state index contributed by atoms with van der Waals surface area (Å²) in [6.45, 7) is 1.34. The van der Waals surface area contributed by atoms with Gasteiger partial charge in [0.05, 0.1) is 35.5 Å². The molecule has 0 saturated heterocycles. The molecule has 4 N–H and O–H groups in total. The summed E-state index contributed by atoms with van der Waals surface area (Å²) in [6.07, 6.45) is 9.34. The summed E-state index contributed by atoms with van der Waals surface area (Å²) in [7, 11) is 0. The molecule has 0 amide bonds. The Balaban J connectivity index is 2.14. The molecular formula is C24H23F3N6O2. The van der Waals surface area contributed by atoms with Crippen LogP contribution < -0.4 is 27.8 Å². The second-order valence-corrected chi connectivity index (χ2v) is 8.50. The number of aryl methyl sites for hydroxylation is 1. The van der Waals surface area contributed by atoms with Crippen LogP contribution in [0.5, 0.6) is 0 Å². The summed E-state index contributed by atoms with van der Waals surface area (Å²) in [4.78, 5) is 31.4. The summed E-state index contributed by atoms with van der Waals surface area (Å²) in [6, 6.07) is 2.93. The maximum atomic E-state index is 16.3. The number of hydrogen-bond donors (Lipinski definition) is 2. The molecule has 1 aliphatic carbocycles. The molecule has 0 radical (unpaired) electrons. The van der Waals surface area contributed by atoms with E-state index < -0.39 is 34.2 Å². The Bertz CT molecular complexity index is 1470. The molecule has 2 heterocycles. The first-order valence-corrected chi connectivity index (χ1v) is 10.8. The third-order valence-electron chi connectivity index (χ3n) is 6.08. The van der Waals surface area contributed by atoms with E-state index in [-0.39, 0.29) is 42.1 Å². The highest BCUT2D eigenvalue weighted by Gasteiger charge is 2.43. The molecule has 35 heavy (non-hydrogen) atoms. The third kappa shape index (κ3) is 4.06. The third-order valence-corrected chi connectivity index (χ3v) is 6.08. The second kappa shape index (κ2) is 8.96. The second-order valence-electron chi connectivity index (χ2n) is 8.50. The smallest absolute Gasteiger partial charge is 0.336 e. The first-order chi connectivity index (χ1) is 16.6. The predicted molar refractivity (Wildman–Crippen MR) is 126 cm³/mol. The SMILES string of the molecule is C#CCn1c(C2(F)CCCC2)c(N(N)c2cc(F)c(F)cc2N)c(=O)n(-c2cncc(C)c2)c1=O. The Morgan fingerprint density at radius 3 is 2.46 bits per heavy atom. The number of pyridine rings is 1. The number of aromatic nitrogens is 3. The highest BCUT2D eigenvalue weighted by molar-refractivity contribution is 5.75. The van der Waals surface area contributed by atoms with Gasteiger partial charge < -0.3 is 5.73 Å². The first kappa shape index (κ1) is 24.1. The number of hydrazine groups is 1. The number of nitrogens with zero attached hydrogens (tertiary/aromatic N) is 4. The number of alkyl halides is 1. The molecule has 1 aliphatic rings. The van der Waals surface area contributed by atoms with Crippen molar-refractivity contribution >= 4 is 17.1 Å². The minimum absolute atomic E-state index is 0.0145. The fraction of sp³-hybridized carbons (Fsp3) is 0.292. The normalized spacial score (nSPS) is 14.6. The number of terminal acetylenes is 1. The predicted octanol–water partition coefficient (Wildman–Crippen LogP) is 2.95. The van der Waals surface area contributed by atoms with Gasteiger partial charge in [-0.25, -0.2) is 28.4 Å². The van der Waals surface area contributed by atoms with Crippen LogP contribution in [-0.2, 0) is 12.2 Å². The van der Waals surface area contributed by atoms with E-state index in [1.165, 1.54) is 18.5 Å². The Morgan fingerprint density at radius 2 is 1.83 bits per heavy atom. The van der Waals surface area contributed by atoms with E-state index in [9.17, 15) is 18.4 Å². The molecule has 3 aromatic rings. The number of nitrogen functional groups attached to an aromatic ring is 1. The Morgan fingerprint density at radius 1 is 1.17 bits per heavy atom. The molecule has 11 heteroatoms. The summed E-state index contributed by atoms with van der Waals surface area (Å²) < 4.78 is 45.9. The summed E-state index contributed by atoms with van der Waals surface area (Å²) in [5.74, 6) is 6.08. The quantitative estimate of drug-likeness (QED) is 0.249. The lowest BCUT2D eigenvalue weighted by molar-refractivity contribution is 0.160. The average Bonchev–Trinajstić information content (AvgIpc) is 3.25. The van der Waals surface area contributed by atoms with Crippen LogP contribution in [-0.4, -0.2) is 14.1 Å². The van der Waals surface area contributed by atoms with Gasteiger partial charge in [-0.2, -0.15) is 0 Å². The van der Waals surface area contributed by atoms with E-state index in [2.05, 4.69) is 10.9 Å². The highest BCUT2D eigenvalue weighted by atomic mass is 19.2. The molecule has 1 aromatic carbocycles. The zero-order valence-electron chi connectivity index (χ0n) is 18.9. The molecule has 0 aliphatic heterocycles. The zero-order valence-corrected chi connectivity index (χ0v) is 18.9. The topological polar surface area (TPSA) is 112 Å². The molecule has 1 fully saturated rings. The maximum absolute atomic E-state index is 16.3. The van der Waals surface area contributed by atoms with Crippen LogP contribution in [0.4, 0.5) is 30.2 Å². The number of rotatable bonds is 5. The first-order valence-electron chi connectivity index (χ1n) is 10.8. The van der Waals surface area contributed by atoms with E-state index in [1.54, 1.807) is 6.92 Å². The average molecular weight is 484 g/mol. The molecule has 1 saturated carbocycles. The monoisotopic (exact) mass is 484 g/mol. The number of nitrogens with two attached hydrogens (primary N) is 2. The van der Waals surface area contributed by atoms with Gasteiger partial charge >= 0.3 is 5.69 Å². The number of benzene rings is 1. The molecule has 182 valence electrons. The van der Waals surface area contributed by atoms with Gasteiger partial charge in [-0.1, -0.05) is 5.92 Å². The molecule has 0 bridgehead atoms. The van der Waals surface area contributed by atoms with Crippen LogP contribution in [0.2, 0.25) is 0 Å². The minimum atomic E-state index is -2.11. The van der Waals surface area contributed by atoms with Gasteiger partial charge in [0.1, 0.15) is 5.69 Å². The van der Waals surface area contributed by atoms with E-state index >= 15 is 4.39 Å². The fourth-order valence-corrected chi connectivity index (χ4v) is 4.49. The Kier molecular flexibility index (Phi) is 6.17. The van der Waals surface area contributed by atoms with E-state index in [4.69, 9.17) is 18.0 Å². The van der Waals surface area contributed by atoms with Gasteiger partial charge in [0.15, 0.2) is 17.3 Å². The van der Waals surface area contributed by atoms with Crippen LogP contribution in [0.3, 0.4) is 0 Å². The standard InChI is InChI=1S/C24H23F3N6O2/c1-3-8-31-21(24(27)6-4-5-7-24)20(33(29)19-11-17(26)16(25)10-18(19)28)22(34)32(23(31)35)15-9-14(2)12-30-13-15/h1,9-13H,4-8,28-29H2,2H3. The van der Waals surface area contributed by atoms with Crippen molar-refractivity contribution in [3.05, 3.63) is 74.3 Å². The molecule has 0 atom stereocenters. The zero-order chi connectivity index (χ0) is 25.5. The lowest BCUT2D eigenvalue weighted by Gasteiger charge is -2.31. The minimum Gasteiger partial charge on any atom is -0.397 e. The molecular weight excluding hydrogens is 461 g/mol. The van der Waals surface area contributed by atoms with Gasteiger partial charge in [-0.15, -0.1) is 6.42 Å². The van der Waals surface area contributed by atoms with Crippen molar-refractivity contribution in [3.8, 4) is 18.0 Å². The molecule has 0 unspecified atom stereocenters. The molecule has 2 aromatic heterocycles. The largest absolute Gasteiger partial charge is 0.397 e. The number of halogens is 3. The van der Waals surface area contributed by atoms with Crippen LogP contribution in [0, 0.1) is 30.9 Å². The number of hydrogen-bond acceptors (Lipinski definition) is 6. The fourth-order valence-electron chi connectivity index (χ4n) is 4.49. The number of anilines is 3. The van der Waals surface area contributed by atoms with Crippen molar-refractivity contribution < 1.29 is 13.2 Å². The van der Waals surface area contributed by atoms with Gasteiger partial charge in [-0.3, -0.25) is 19.4 Å². The molecule has 0 spiro atoms. The Labute approximate surface area is 198 Å². The van der Waals surface area contributed by atoms with Crippen molar-refractivity contribution in [1.29, 1.82) is 0 Å². The van der Waals surface area contributed by atoms with Crippen molar-refractivity contribution in [2.45, 2.75) is 44.8 Å². The van der Waals surface area contributed by atoms with Gasteiger partial charge in [0.25, 0.3) is 5.56 Å².